The molecule has 1 aliphatic rings. The second-order valence-corrected chi connectivity index (χ2v) is 6.55. The Labute approximate surface area is 110 Å². The van der Waals surface area contributed by atoms with Crippen molar-refractivity contribution in [2.45, 2.75) is 58.3 Å². The summed E-state index contributed by atoms with van der Waals surface area (Å²) in [4.78, 5) is 12.2. The molecule has 0 saturated heterocycles. The van der Waals surface area contributed by atoms with Gasteiger partial charge in [0.1, 0.15) is 0 Å². The molecule has 1 aromatic rings. The van der Waals surface area contributed by atoms with Crippen LogP contribution in [-0.4, -0.2) is 5.91 Å². The first-order valence-corrected chi connectivity index (χ1v) is 6.75. The normalized spacial score (nSPS) is 22.8. The van der Waals surface area contributed by atoms with E-state index < -0.39 is 0 Å². The Morgan fingerprint density at radius 3 is 2.50 bits per heavy atom. The van der Waals surface area contributed by atoms with E-state index >= 15 is 0 Å². The van der Waals surface area contributed by atoms with Crippen LogP contribution in [0, 0.1) is 0 Å². The molecule has 0 bridgehead atoms. The van der Waals surface area contributed by atoms with Crippen molar-refractivity contribution >= 4 is 11.6 Å². The predicted molar refractivity (Wildman–Crippen MR) is 76.0 cm³/mol. The molecular formula is C16H23NO. The monoisotopic (exact) mass is 245 g/mol. The zero-order valence-corrected chi connectivity index (χ0v) is 12.1. The third-order valence-corrected chi connectivity index (χ3v) is 3.98. The van der Waals surface area contributed by atoms with E-state index in [0.717, 1.165) is 18.5 Å². The van der Waals surface area contributed by atoms with Crippen LogP contribution in [0.15, 0.2) is 18.2 Å². The Bertz CT molecular complexity index is 484. The number of hydrogen-bond acceptors (Lipinski definition) is 1. The Kier molecular flexibility index (Phi) is 3.00. The van der Waals surface area contributed by atoms with Gasteiger partial charge in [-0.3, -0.25) is 4.79 Å². The first-order chi connectivity index (χ1) is 8.29. The van der Waals surface area contributed by atoms with Gasteiger partial charge in [0.15, 0.2) is 0 Å². The van der Waals surface area contributed by atoms with Gasteiger partial charge in [-0.1, -0.05) is 46.2 Å². The number of hydrogen-bond donors (Lipinski definition) is 1. The zero-order valence-electron chi connectivity index (χ0n) is 12.1. The summed E-state index contributed by atoms with van der Waals surface area (Å²) in [6, 6.07) is 6.38. The topological polar surface area (TPSA) is 29.1 Å². The highest BCUT2D eigenvalue weighted by atomic mass is 16.2. The van der Waals surface area contributed by atoms with E-state index in [2.05, 4.69) is 58.1 Å². The van der Waals surface area contributed by atoms with Gasteiger partial charge in [-0.05, 0) is 36.0 Å². The first kappa shape index (κ1) is 13.1. The van der Waals surface area contributed by atoms with Crippen LogP contribution < -0.4 is 5.32 Å². The fraction of sp³-hybridized carbons (Fsp3) is 0.562. The molecule has 0 radical (unpaired) electrons. The highest BCUT2D eigenvalue weighted by Crippen LogP contribution is 2.42. The van der Waals surface area contributed by atoms with Crippen molar-refractivity contribution in [1.29, 1.82) is 0 Å². The van der Waals surface area contributed by atoms with E-state index in [9.17, 15) is 4.79 Å². The number of benzene rings is 1. The Morgan fingerprint density at radius 1 is 1.28 bits per heavy atom. The van der Waals surface area contributed by atoms with E-state index in [1.807, 2.05) is 0 Å². The van der Waals surface area contributed by atoms with Crippen LogP contribution in [0.1, 0.15) is 58.6 Å². The first-order valence-electron chi connectivity index (χ1n) is 6.75. The SMILES string of the molecule is CCCC1(C)C(=O)Nc2ccc(C(C)(C)C)cc21. The highest BCUT2D eigenvalue weighted by molar-refractivity contribution is 6.06. The summed E-state index contributed by atoms with van der Waals surface area (Å²) in [5.41, 5.74) is 3.21. The third-order valence-electron chi connectivity index (χ3n) is 3.98. The molecule has 2 nitrogen and oxygen atoms in total. The number of anilines is 1. The maximum absolute atomic E-state index is 12.2. The summed E-state index contributed by atoms with van der Waals surface area (Å²) in [5.74, 6) is 0.144. The minimum Gasteiger partial charge on any atom is -0.325 e. The molecule has 0 aliphatic carbocycles. The molecule has 18 heavy (non-hydrogen) atoms. The summed E-state index contributed by atoms with van der Waals surface area (Å²) in [6.45, 7) is 10.8. The van der Waals surface area contributed by atoms with E-state index in [1.165, 1.54) is 11.1 Å². The zero-order chi connectivity index (χ0) is 13.6. The van der Waals surface area contributed by atoms with E-state index in [-0.39, 0.29) is 16.7 Å². The average molecular weight is 245 g/mol. The van der Waals surface area contributed by atoms with Crippen molar-refractivity contribution < 1.29 is 4.79 Å². The van der Waals surface area contributed by atoms with Crippen molar-refractivity contribution in [2.24, 2.45) is 0 Å². The summed E-state index contributed by atoms with van der Waals surface area (Å²) in [7, 11) is 0. The van der Waals surface area contributed by atoms with Gasteiger partial charge in [0.25, 0.3) is 0 Å². The molecule has 1 aliphatic heterocycles. The third kappa shape index (κ3) is 1.94. The van der Waals surface area contributed by atoms with Crippen LogP contribution in [0.5, 0.6) is 0 Å². The van der Waals surface area contributed by atoms with Crippen molar-refractivity contribution in [1.82, 2.24) is 0 Å². The van der Waals surface area contributed by atoms with Crippen LogP contribution in [0.3, 0.4) is 0 Å². The average Bonchev–Trinajstić information content (AvgIpc) is 2.50. The standard InChI is InChI=1S/C16H23NO/c1-6-9-16(5)12-10-11(15(2,3)4)7-8-13(12)17-14(16)18/h7-8,10H,6,9H2,1-5H3,(H,17,18). The van der Waals surface area contributed by atoms with E-state index in [4.69, 9.17) is 0 Å². The largest absolute Gasteiger partial charge is 0.325 e. The summed E-state index contributed by atoms with van der Waals surface area (Å²) in [6.07, 6.45) is 1.92. The lowest BCUT2D eigenvalue weighted by Gasteiger charge is -2.24. The van der Waals surface area contributed by atoms with Crippen LogP contribution in [0.2, 0.25) is 0 Å². The number of carbonyl (C=O) groups is 1. The van der Waals surface area contributed by atoms with Crippen LogP contribution in [0.4, 0.5) is 5.69 Å². The fourth-order valence-corrected chi connectivity index (χ4v) is 2.71. The molecule has 98 valence electrons. The van der Waals surface area contributed by atoms with E-state index in [1.54, 1.807) is 0 Å². The predicted octanol–water partition coefficient (Wildman–Crippen LogP) is 3.99. The van der Waals surface area contributed by atoms with Gasteiger partial charge < -0.3 is 5.32 Å². The molecular weight excluding hydrogens is 222 g/mol. The van der Waals surface area contributed by atoms with Crippen molar-refractivity contribution in [3.63, 3.8) is 0 Å². The smallest absolute Gasteiger partial charge is 0.234 e. The lowest BCUT2D eigenvalue weighted by atomic mass is 9.77. The molecule has 1 N–H and O–H groups in total. The van der Waals surface area contributed by atoms with Gasteiger partial charge in [-0.25, -0.2) is 0 Å². The van der Waals surface area contributed by atoms with Crippen LogP contribution in [-0.2, 0) is 15.6 Å². The molecule has 0 saturated carbocycles. The number of amides is 1. The molecule has 0 spiro atoms. The Balaban J connectivity index is 2.53. The molecule has 1 unspecified atom stereocenters. The molecule has 2 heteroatoms. The van der Waals surface area contributed by atoms with Gasteiger partial charge in [-0.15, -0.1) is 0 Å². The second kappa shape index (κ2) is 4.11. The van der Waals surface area contributed by atoms with Crippen LogP contribution >= 0.6 is 0 Å². The van der Waals surface area contributed by atoms with Gasteiger partial charge in [0, 0.05) is 5.69 Å². The van der Waals surface area contributed by atoms with Gasteiger partial charge in [0.2, 0.25) is 5.91 Å². The molecule has 1 amide bonds. The number of nitrogens with one attached hydrogen (secondary N) is 1. The molecule has 0 aromatic heterocycles. The van der Waals surface area contributed by atoms with Gasteiger partial charge in [0.05, 0.1) is 5.41 Å². The number of fused-ring (bicyclic) bond motifs is 1. The van der Waals surface area contributed by atoms with Crippen molar-refractivity contribution in [3.05, 3.63) is 29.3 Å². The molecule has 1 heterocycles. The fourth-order valence-electron chi connectivity index (χ4n) is 2.71. The Morgan fingerprint density at radius 2 is 1.94 bits per heavy atom. The summed E-state index contributed by atoms with van der Waals surface area (Å²) < 4.78 is 0. The quantitative estimate of drug-likeness (QED) is 0.838. The van der Waals surface area contributed by atoms with Gasteiger partial charge in [-0.2, -0.15) is 0 Å². The lowest BCUT2D eigenvalue weighted by Crippen LogP contribution is -2.30. The molecule has 1 atom stereocenters. The number of carbonyl (C=O) groups excluding carboxylic acids is 1. The minimum absolute atomic E-state index is 0.119. The maximum Gasteiger partial charge on any atom is 0.234 e. The maximum atomic E-state index is 12.2. The van der Waals surface area contributed by atoms with E-state index in [0.29, 0.717) is 0 Å². The minimum atomic E-state index is -0.356. The molecule has 2 rings (SSSR count). The van der Waals surface area contributed by atoms with Crippen molar-refractivity contribution in [2.75, 3.05) is 5.32 Å². The van der Waals surface area contributed by atoms with Gasteiger partial charge >= 0.3 is 0 Å². The molecule has 1 aromatic carbocycles. The Hall–Kier alpha value is -1.31. The summed E-state index contributed by atoms with van der Waals surface area (Å²) >= 11 is 0. The lowest BCUT2D eigenvalue weighted by molar-refractivity contribution is -0.120. The number of rotatable bonds is 2. The highest BCUT2D eigenvalue weighted by Gasteiger charge is 2.42. The molecule has 0 fully saturated rings. The van der Waals surface area contributed by atoms with Crippen molar-refractivity contribution in [3.8, 4) is 0 Å². The van der Waals surface area contributed by atoms with Crippen LogP contribution in [0.25, 0.3) is 0 Å². The summed E-state index contributed by atoms with van der Waals surface area (Å²) in [5, 5.41) is 3.01. The second-order valence-electron chi connectivity index (χ2n) is 6.55.